The highest BCUT2D eigenvalue weighted by Crippen LogP contribution is 2.28. The summed E-state index contributed by atoms with van der Waals surface area (Å²) in [5.41, 5.74) is 5.38. The Labute approximate surface area is 89.8 Å². The molecular formula is C8H17N3O3S. The number of hydrogen-bond donors (Lipinski definition) is 2. The second-order valence-electron chi connectivity index (χ2n) is 3.97. The number of amidine groups is 1. The Balaban J connectivity index is 2.82. The molecule has 3 N–H and O–H groups in total. The lowest BCUT2D eigenvalue weighted by molar-refractivity contribution is 0.309. The molecule has 2 atom stereocenters. The van der Waals surface area contributed by atoms with E-state index in [1.807, 2.05) is 6.92 Å². The summed E-state index contributed by atoms with van der Waals surface area (Å²) in [5, 5.41) is 11.3. The first-order chi connectivity index (χ1) is 6.86. The predicted molar refractivity (Wildman–Crippen MR) is 57.2 cm³/mol. The van der Waals surface area contributed by atoms with Crippen LogP contribution in [0.5, 0.6) is 0 Å². The molecular weight excluding hydrogens is 218 g/mol. The molecule has 6 nitrogen and oxygen atoms in total. The number of rotatable bonds is 3. The van der Waals surface area contributed by atoms with Crippen molar-refractivity contribution in [3.8, 4) is 0 Å². The standard InChI is InChI=1S/C8H17N3O3S/c1-6-3-4-7(5-8(9)10-12)11(6)15(2,13)14/h6-7,12H,3-5H2,1-2H3,(H2,9,10). The van der Waals surface area contributed by atoms with Crippen LogP contribution in [0.2, 0.25) is 0 Å². The summed E-state index contributed by atoms with van der Waals surface area (Å²) in [6.07, 6.45) is 3.04. The van der Waals surface area contributed by atoms with Gasteiger partial charge in [-0.05, 0) is 19.8 Å². The third kappa shape index (κ3) is 2.82. The van der Waals surface area contributed by atoms with Crippen molar-refractivity contribution >= 4 is 15.9 Å². The molecule has 0 amide bonds. The van der Waals surface area contributed by atoms with E-state index < -0.39 is 10.0 Å². The van der Waals surface area contributed by atoms with Crippen LogP contribution in [-0.2, 0) is 10.0 Å². The predicted octanol–water partition coefficient (Wildman–Crippen LogP) is -0.0646. The molecule has 0 aromatic heterocycles. The van der Waals surface area contributed by atoms with Crippen LogP contribution in [0.25, 0.3) is 0 Å². The third-order valence-corrected chi connectivity index (χ3v) is 4.09. The van der Waals surface area contributed by atoms with Gasteiger partial charge in [-0.1, -0.05) is 5.16 Å². The molecule has 0 saturated carbocycles. The molecule has 0 aliphatic carbocycles. The smallest absolute Gasteiger partial charge is 0.211 e. The van der Waals surface area contributed by atoms with Crippen LogP contribution in [0.1, 0.15) is 26.2 Å². The van der Waals surface area contributed by atoms with Crippen LogP contribution in [0.15, 0.2) is 5.16 Å². The van der Waals surface area contributed by atoms with Crippen molar-refractivity contribution in [3.63, 3.8) is 0 Å². The van der Waals surface area contributed by atoms with Crippen molar-refractivity contribution in [2.24, 2.45) is 10.9 Å². The van der Waals surface area contributed by atoms with Gasteiger partial charge in [0.15, 0.2) is 0 Å². The van der Waals surface area contributed by atoms with Gasteiger partial charge in [0.1, 0.15) is 5.84 Å². The SMILES string of the molecule is CC1CCC(C/C(N)=N/O)N1S(C)(=O)=O. The number of sulfonamides is 1. The molecule has 88 valence electrons. The van der Waals surface area contributed by atoms with E-state index in [9.17, 15) is 8.42 Å². The summed E-state index contributed by atoms with van der Waals surface area (Å²) in [5.74, 6) is 0.0720. The van der Waals surface area contributed by atoms with Crippen molar-refractivity contribution in [1.82, 2.24) is 4.31 Å². The molecule has 0 bridgehead atoms. The minimum atomic E-state index is -3.21. The van der Waals surface area contributed by atoms with Crippen molar-refractivity contribution in [3.05, 3.63) is 0 Å². The van der Waals surface area contributed by atoms with E-state index in [-0.39, 0.29) is 24.3 Å². The van der Waals surface area contributed by atoms with Crippen molar-refractivity contribution < 1.29 is 13.6 Å². The fourth-order valence-corrected chi connectivity index (χ4v) is 3.60. The van der Waals surface area contributed by atoms with Crippen LogP contribution in [0.4, 0.5) is 0 Å². The number of hydrogen-bond acceptors (Lipinski definition) is 4. The highest BCUT2D eigenvalue weighted by atomic mass is 32.2. The van der Waals surface area contributed by atoms with Crippen LogP contribution < -0.4 is 5.73 Å². The van der Waals surface area contributed by atoms with Gasteiger partial charge < -0.3 is 10.9 Å². The minimum Gasteiger partial charge on any atom is -0.409 e. The monoisotopic (exact) mass is 235 g/mol. The molecule has 1 saturated heterocycles. The van der Waals surface area contributed by atoms with Crippen molar-refractivity contribution in [1.29, 1.82) is 0 Å². The van der Waals surface area contributed by atoms with E-state index in [0.29, 0.717) is 0 Å². The van der Waals surface area contributed by atoms with Crippen molar-refractivity contribution in [2.75, 3.05) is 6.26 Å². The van der Waals surface area contributed by atoms with Gasteiger partial charge in [-0.2, -0.15) is 4.31 Å². The van der Waals surface area contributed by atoms with Gasteiger partial charge in [0.25, 0.3) is 0 Å². The molecule has 1 rings (SSSR count). The average Bonchev–Trinajstić information content (AvgIpc) is 2.46. The molecule has 1 aliphatic heterocycles. The number of nitrogens with two attached hydrogens (primary N) is 1. The van der Waals surface area contributed by atoms with Crippen LogP contribution in [-0.4, -0.2) is 42.1 Å². The molecule has 7 heteroatoms. The zero-order valence-electron chi connectivity index (χ0n) is 8.92. The second kappa shape index (κ2) is 4.36. The summed E-state index contributed by atoms with van der Waals surface area (Å²) >= 11 is 0. The van der Waals surface area contributed by atoms with Gasteiger partial charge in [-0.15, -0.1) is 0 Å². The number of oxime groups is 1. The maximum Gasteiger partial charge on any atom is 0.211 e. The molecule has 0 aromatic carbocycles. The molecule has 15 heavy (non-hydrogen) atoms. The van der Waals surface area contributed by atoms with Crippen LogP contribution in [0.3, 0.4) is 0 Å². The summed E-state index contributed by atoms with van der Waals surface area (Å²) in [6, 6.07) is -0.178. The summed E-state index contributed by atoms with van der Waals surface area (Å²) in [4.78, 5) is 0. The maximum absolute atomic E-state index is 11.5. The largest absolute Gasteiger partial charge is 0.409 e. The third-order valence-electron chi connectivity index (χ3n) is 2.67. The molecule has 0 radical (unpaired) electrons. The van der Waals surface area contributed by atoms with E-state index in [1.54, 1.807) is 0 Å². The minimum absolute atomic E-state index is 0.00325. The fourth-order valence-electron chi connectivity index (χ4n) is 2.12. The summed E-state index contributed by atoms with van der Waals surface area (Å²) in [7, 11) is -3.21. The lowest BCUT2D eigenvalue weighted by Gasteiger charge is -2.25. The fraction of sp³-hybridized carbons (Fsp3) is 0.875. The Kier molecular flexibility index (Phi) is 3.56. The molecule has 1 fully saturated rings. The van der Waals surface area contributed by atoms with Gasteiger partial charge in [0.2, 0.25) is 10.0 Å². The normalized spacial score (nSPS) is 29.6. The maximum atomic E-state index is 11.5. The van der Waals surface area contributed by atoms with Gasteiger partial charge in [0, 0.05) is 18.5 Å². The lowest BCUT2D eigenvalue weighted by atomic mass is 10.1. The lowest BCUT2D eigenvalue weighted by Crippen LogP contribution is -2.41. The van der Waals surface area contributed by atoms with Gasteiger partial charge >= 0.3 is 0 Å². The summed E-state index contributed by atoms with van der Waals surface area (Å²) < 4.78 is 24.5. The molecule has 1 aliphatic rings. The Morgan fingerprint density at radius 3 is 2.67 bits per heavy atom. The van der Waals surface area contributed by atoms with E-state index >= 15 is 0 Å². The molecule has 0 spiro atoms. The first-order valence-corrected chi connectivity index (χ1v) is 6.66. The van der Waals surface area contributed by atoms with Gasteiger partial charge in [-0.25, -0.2) is 8.42 Å². The highest BCUT2D eigenvalue weighted by molar-refractivity contribution is 7.88. The van der Waals surface area contributed by atoms with E-state index in [4.69, 9.17) is 10.9 Å². The Bertz CT molecular complexity index is 352. The quantitative estimate of drug-likeness (QED) is 0.310. The summed E-state index contributed by atoms with van der Waals surface area (Å²) in [6.45, 7) is 1.87. The zero-order valence-corrected chi connectivity index (χ0v) is 9.74. The second-order valence-corrected chi connectivity index (χ2v) is 5.86. The zero-order chi connectivity index (χ0) is 11.6. The van der Waals surface area contributed by atoms with Crippen LogP contribution in [0, 0.1) is 0 Å². The first-order valence-electron chi connectivity index (χ1n) is 4.81. The van der Waals surface area contributed by atoms with Gasteiger partial charge in [-0.3, -0.25) is 0 Å². The van der Waals surface area contributed by atoms with E-state index in [2.05, 4.69) is 5.16 Å². The highest BCUT2D eigenvalue weighted by Gasteiger charge is 2.37. The number of nitrogens with zero attached hydrogens (tertiary/aromatic N) is 2. The van der Waals surface area contributed by atoms with E-state index in [1.165, 1.54) is 10.6 Å². The Morgan fingerprint density at radius 2 is 2.20 bits per heavy atom. The Hall–Kier alpha value is -0.820. The first kappa shape index (κ1) is 12.3. The molecule has 1 heterocycles. The van der Waals surface area contributed by atoms with Gasteiger partial charge in [0.05, 0.1) is 6.26 Å². The molecule has 0 aromatic rings. The van der Waals surface area contributed by atoms with Crippen molar-refractivity contribution in [2.45, 2.75) is 38.3 Å². The van der Waals surface area contributed by atoms with E-state index in [0.717, 1.165) is 12.8 Å². The molecule has 2 unspecified atom stereocenters. The Morgan fingerprint density at radius 1 is 1.60 bits per heavy atom. The topological polar surface area (TPSA) is 96.0 Å². The average molecular weight is 235 g/mol. The van der Waals surface area contributed by atoms with Crippen LogP contribution >= 0.6 is 0 Å².